The summed E-state index contributed by atoms with van der Waals surface area (Å²) in [4.78, 5) is 0. The van der Waals surface area contributed by atoms with Crippen LogP contribution in [0.1, 0.15) is 5.56 Å². The van der Waals surface area contributed by atoms with E-state index in [1.54, 1.807) is 6.26 Å². The third-order valence-electron chi connectivity index (χ3n) is 1.03. The highest BCUT2D eigenvalue weighted by molar-refractivity contribution is 8.03. The Bertz CT molecular complexity index is 213. The number of aryl methyl sites for hydroxylation is 1. The van der Waals surface area contributed by atoms with Gasteiger partial charge in [0.05, 0.1) is 0 Å². The molecule has 0 spiro atoms. The molecule has 58 valence electrons. The maximum absolute atomic E-state index is 7.59. The van der Waals surface area contributed by atoms with E-state index in [1.165, 1.54) is 5.56 Å². The Morgan fingerprint density at radius 2 is 1.73 bits per heavy atom. The minimum Gasteiger partial charge on any atom is -0.185 e. The van der Waals surface area contributed by atoms with Crippen LogP contribution in [0.2, 0.25) is 0 Å². The van der Waals surface area contributed by atoms with Crippen molar-refractivity contribution in [2.45, 2.75) is 6.92 Å². The van der Waals surface area contributed by atoms with Crippen LogP contribution in [0.15, 0.2) is 30.3 Å². The van der Waals surface area contributed by atoms with Crippen LogP contribution in [0.4, 0.5) is 0 Å². The van der Waals surface area contributed by atoms with Crippen molar-refractivity contribution in [1.82, 2.24) is 0 Å². The molecule has 0 aromatic heterocycles. The zero-order valence-corrected chi connectivity index (χ0v) is 7.56. The number of nitrogens with zero attached hydrogens (tertiary/aromatic N) is 1. The van der Waals surface area contributed by atoms with Crippen LogP contribution in [0, 0.1) is 17.6 Å². The normalized spacial score (nSPS) is 7.36. The first kappa shape index (κ1) is 10.1. The lowest BCUT2D eigenvalue weighted by Crippen LogP contribution is -1.62. The Balaban J connectivity index is 0.000000218. The van der Waals surface area contributed by atoms with E-state index in [0.717, 1.165) is 11.8 Å². The van der Waals surface area contributed by atoms with Gasteiger partial charge < -0.3 is 0 Å². The maximum Gasteiger partial charge on any atom is 0.133 e. The summed E-state index contributed by atoms with van der Waals surface area (Å²) in [5.74, 6) is 0. The minimum absolute atomic E-state index is 1.16. The van der Waals surface area contributed by atoms with E-state index in [4.69, 9.17) is 5.26 Å². The molecule has 0 amide bonds. The summed E-state index contributed by atoms with van der Waals surface area (Å²) < 4.78 is 0. The molecule has 11 heavy (non-hydrogen) atoms. The van der Waals surface area contributed by atoms with Crippen LogP contribution >= 0.6 is 11.8 Å². The number of thioether (sulfide) groups is 1. The summed E-state index contributed by atoms with van der Waals surface area (Å²) in [6, 6.07) is 10.3. The Kier molecular flexibility index (Phi) is 6.56. The summed E-state index contributed by atoms with van der Waals surface area (Å²) in [5, 5.41) is 9.44. The van der Waals surface area contributed by atoms with Crippen LogP contribution in [0.25, 0.3) is 0 Å². The van der Waals surface area contributed by atoms with Gasteiger partial charge in [-0.25, -0.2) is 0 Å². The van der Waals surface area contributed by atoms with Crippen molar-refractivity contribution in [3.8, 4) is 5.40 Å². The molecule has 0 heterocycles. The van der Waals surface area contributed by atoms with Gasteiger partial charge in [0.2, 0.25) is 0 Å². The van der Waals surface area contributed by atoms with Crippen LogP contribution in [0.3, 0.4) is 0 Å². The largest absolute Gasteiger partial charge is 0.185 e. The smallest absolute Gasteiger partial charge is 0.133 e. The molecule has 0 unspecified atom stereocenters. The second-order valence-electron chi connectivity index (χ2n) is 1.95. The fraction of sp³-hybridized carbons (Fsp3) is 0.222. The monoisotopic (exact) mass is 165 g/mol. The molecule has 0 N–H and O–H groups in total. The van der Waals surface area contributed by atoms with Crippen molar-refractivity contribution >= 4 is 11.8 Å². The van der Waals surface area contributed by atoms with Gasteiger partial charge in [0.1, 0.15) is 5.40 Å². The molecule has 1 aromatic carbocycles. The van der Waals surface area contributed by atoms with Crippen molar-refractivity contribution in [2.75, 3.05) is 6.26 Å². The summed E-state index contributed by atoms with van der Waals surface area (Å²) in [6.45, 7) is 2.08. The second kappa shape index (κ2) is 7.17. The Hall–Kier alpha value is -0.940. The number of thiocyanates is 1. The molecule has 1 nitrogen and oxygen atoms in total. The van der Waals surface area contributed by atoms with Gasteiger partial charge in [-0.1, -0.05) is 35.9 Å². The van der Waals surface area contributed by atoms with Gasteiger partial charge in [-0.15, -0.1) is 0 Å². The van der Waals surface area contributed by atoms with E-state index in [1.807, 2.05) is 23.6 Å². The van der Waals surface area contributed by atoms with Gasteiger partial charge in [-0.2, -0.15) is 5.26 Å². The molecule has 2 heteroatoms. The third kappa shape index (κ3) is 6.95. The molecule has 1 rings (SSSR count). The van der Waals surface area contributed by atoms with Crippen molar-refractivity contribution in [1.29, 1.82) is 5.26 Å². The third-order valence-corrected chi connectivity index (χ3v) is 1.21. The van der Waals surface area contributed by atoms with Crippen molar-refractivity contribution in [3.63, 3.8) is 0 Å². The fourth-order valence-electron chi connectivity index (χ4n) is 0.534. The molecule has 0 saturated carbocycles. The summed E-state index contributed by atoms with van der Waals surface area (Å²) >= 11 is 1.16. The summed E-state index contributed by atoms with van der Waals surface area (Å²) in [6.07, 6.45) is 1.74. The van der Waals surface area contributed by atoms with Crippen molar-refractivity contribution in [2.24, 2.45) is 0 Å². The van der Waals surface area contributed by atoms with E-state index in [0.29, 0.717) is 0 Å². The standard InChI is InChI=1S/C7H8.C2H3NS/c1-7-5-3-2-4-6-7;1-4-2-3/h2-6H,1H3;1H3. The van der Waals surface area contributed by atoms with E-state index in [2.05, 4.69) is 19.1 Å². The maximum atomic E-state index is 7.59. The number of nitriles is 1. The van der Waals surface area contributed by atoms with E-state index < -0.39 is 0 Å². The Morgan fingerprint density at radius 3 is 1.91 bits per heavy atom. The van der Waals surface area contributed by atoms with Crippen LogP contribution < -0.4 is 0 Å². The zero-order valence-electron chi connectivity index (χ0n) is 6.74. The molecule has 0 fully saturated rings. The first-order chi connectivity index (χ1) is 5.31. The quantitative estimate of drug-likeness (QED) is 0.552. The average molecular weight is 165 g/mol. The summed E-state index contributed by atoms with van der Waals surface area (Å²) in [5.41, 5.74) is 1.32. The van der Waals surface area contributed by atoms with E-state index in [-0.39, 0.29) is 0 Å². The first-order valence-corrected chi connectivity index (χ1v) is 4.47. The lowest BCUT2D eigenvalue weighted by molar-refractivity contribution is 1.48. The Morgan fingerprint density at radius 1 is 1.27 bits per heavy atom. The number of hydrogen-bond donors (Lipinski definition) is 0. The molecule has 0 saturated heterocycles. The van der Waals surface area contributed by atoms with Gasteiger partial charge in [-0.05, 0) is 24.9 Å². The molecule has 1 aromatic rings. The second-order valence-corrected chi connectivity index (χ2v) is 2.54. The molecule has 0 radical (unpaired) electrons. The number of hydrogen-bond acceptors (Lipinski definition) is 2. The SMILES string of the molecule is CSC#N.Cc1ccccc1. The van der Waals surface area contributed by atoms with Crippen LogP contribution in [-0.2, 0) is 0 Å². The van der Waals surface area contributed by atoms with Gasteiger partial charge in [-0.3, -0.25) is 0 Å². The van der Waals surface area contributed by atoms with Crippen molar-refractivity contribution < 1.29 is 0 Å². The van der Waals surface area contributed by atoms with Gasteiger partial charge >= 0.3 is 0 Å². The summed E-state index contributed by atoms with van der Waals surface area (Å²) in [7, 11) is 0. The highest BCUT2D eigenvalue weighted by atomic mass is 32.2. The highest BCUT2D eigenvalue weighted by Gasteiger charge is 1.72. The van der Waals surface area contributed by atoms with Crippen molar-refractivity contribution in [3.05, 3.63) is 35.9 Å². The lowest BCUT2D eigenvalue weighted by atomic mass is 10.2. The molecular formula is C9H11NS. The van der Waals surface area contributed by atoms with E-state index >= 15 is 0 Å². The molecule has 0 bridgehead atoms. The first-order valence-electron chi connectivity index (χ1n) is 3.25. The number of benzene rings is 1. The van der Waals surface area contributed by atoms with Gasteiger partial charge in [0.25, 0.3) is 0 Å². The fourth-order valence-corrected chi connectivity index (χ4v) is 0.534. The van der Waals surface area contributed by atoms with Gasteiger partial charge in [0, 0.05) is 0 Å². The molecule has 0 aliphatic heterocycles. The predicted octanol–water partition coefficient (Wildman–Crippen LogP) is 2.83. The lowest BCUT2D eigenvalue weighted by Gasteiger charge is -1.82. The topological polar surface area (TPSA) is 23.8 Å². The molecule has 0 aliphatic rings. The zero-order chi connectivity index (χ0) is 8.53. The molecule has 0 atom stereocenters. The minimum atomic E-state index is 1.16. The number of rotatable bonds is 0. The Labute approximate surface area is 72.0 Å². The highest BCUT2D eigenvalue weighted by Crippen LogP contribution is 1.92. The molecular weight excluding hydrogens is 154 g/mol. The van der Waals surface area contributed by atoms with E-state index in [9.17, 15) is 0 Å². The average Bonchev–Trinajstić information content (AvgIpc) is 2.07. The predicted molar refractivity (Wildman–Crippen MR) is 50.3 cm³/mol. The van der Waals surface area contributed by atoms with Gasteiger partial charge in [0.15, 0.2) is 0 Å². The van der Waals surface area contributed by atoms with Crippen LogP contribution in [-0.4, -0.2) is 6.26 Å². The molecule has 0 aliphatic carbocycles. The van der Waals surface area contributed by atoms with Crippen LogP contribution in [0.5, 0.6) is 0 Å².